The molecule has 38 valence electrons. The van der Waals surface area contributed by atoms with Crippen LogP contribution in [0.3, 0.4) is 0 Å². The van der Waals surface area contributed by atoms with E-state index < -0.39 is 0 Å². The Hall–Kier alpha value is -0.120. The molecular weight excluding hydrogens is 80.0 g/mol. The van der Waals surface area contributed by atoms with E-state index in [0.29, 0.717) is 0 Å². The molecule has 0 saturated heterocycles. The molecule has 4 N–H and O–H groups in total. The van der Waals surface area contributed by atoms with Crippen LogP contribution in [0.25, 0.3) is 0 Å². The quantitative estimate of drug-likeness (QED) is 0.361. The van der Waals surface area contributed by atoms with Crippen LogP contribution in [0.2, 0.25) is 0 Å². The van der Waals surface area contributed by atoms with Crippen LogP contribution in [-0.4, -0.2) is 24.9 Å². The molecule has 1 unspecified atom stereocenters. The predicted molar refractivity (Wildman–Crippen MR) is 24.1 cm³/mol. The van der Waals surface area contributed by atoms with Crippen LogP contribution >= 0.6 is 0 Å². The van der Waals surface area contributed by atoms with Crippen molar-refractivity contribution in [1.29, 1.82) is 0 Å². The molecule has 0 aromatic rings. The Bertz CT molecular complexity index is 28.0. The van der Waals surface area contributed by atoms with Gasteiger partial charge in [0, 0.05) is 0 Å². The lowest BCUT2D eigenvalue weighted by Crippen LogP contribution is -2.37. The fraction of sp³-hybridized carbons (Fsp3) is 1.00. The summed E-state index contributed by atoms with van der Waals surface area (Å²) in [6, 6.07) is 0. The van der Waals surface area contributed by atoms with Gasteiger partial charge in [0.15, 0.2) is 0 Å². The molecule has 3 nitrogen and oxygen atoms in total. The lowest BCUT2D eigenvalue weighted by Gasteiger charge is -2.01. The molecule has 0 aliphatic carbocycles. The van der Waals surface area contributed by atoms with Crippen LogP contribution in [0.4, 0.5) is 0 Å². The van der Waals surface area contributed by atoms with Gasteiger partial charge in [-0.05, 0) is 7.05 Å². The van der Waals surface area contributed by atoms with E-state index in [1.165, 1.54) is 0 Å². The first kappa shape index (κ1) is 5.88. The predicted octanol–water partition coefficient (Wildman–Crippen LogP) is -1.52. The Labute approximate surface area is 37.2 Å². The highest BCUT2D eigenvalue weighted by Crippen LogP contribution is 1.57. The number of hydrogen-bond donors (Lipinski definition) is 3. The lowest BCUT2D eigenvalue weighted by atomic mass is 10.6. The van der Waals surface area contributed by atoms with Crippen molar-refractivity contribution in [3.05, 3.63) is 0 Å². The Morgan fingerprint density at radius 3 is 2.50 bits per heavy atom. The van der Waals surface area contributed by atoms with Crippen LogP contribution in [0.1, 0.15) is 0 Å². The molecule has 0 heterocycles. The summed E-state index contributed by atoms with van der Waals surface area (Å²) in [5.74, 6) is 0. The fourth-order valence-electron chi connectivity index (χ4n) is 0.0913. The highest BCUT2D eigenvalue weighted by Gasteiger charge is 1.88. The normalized spacial score (nSPS) is 14.5. The molecule has 0 aromatic carbocycles. The molecule has 0 rings (SSSR count). The van der Waals surface area contributed by atoms with Crippen molar-refractivity contribution in [3.8, 4) is 0 Å². The molecule has 0 radical (unpaired) electrons. The number of rotatable bonds is 2. The smallest absolute Gasteiger partial charge is 0.0782 e. The summed E-state index contributed by atoms with van der Waals surface area (Å²) in [4.78, 5) is 0. The number of nitrogens with two attached hydrogens (primary N) is 1. The van der Waals surface area contributed by atoms with Crippen molar-refractivity contribution in [3.63, 3.8) is 0 Å². The zero-order valence-corrected chi connectivity index (χ0v) is 3.81. The molecule has 6 heavy (non-hydrogen) atoms. The second-order valence-corrected chi connectivity index (χ2v) is 1.08. The molecule has 0 spiro atoms. The number of aliphatic hydroxyl groups excluding tert-OH is 1. The van der Waals surface area contributed by atoms with Crippen molar-refractivity contribution in [2.45, 2.75) is 6.17 Å². The topological polar surface area (TPSA) is 58.3 Å². The minimum absolute atomic E-state index is 0.00347. The first-order valence-corrected chi connectivity index (χ1v) is 1.85. The van der Waals surface area contributed by atoms with Gasteiger partial charge in [0.25, 0.3) is 0 Å². The summed E-state index contributed by atoms with van der Waals surface area (Å²) >= 11 is 0. The van der Waals surface area contributed by atoms with Gasteiger partial charge in [0.2, 0.25) is 0 Å². The minimum Gasteiger partial charge on any atom is -0.393 e. The fourth-order valence-corrected chi connectivity index (χ4v) is 0.0913. The van der Waals surface area contributed by atoms with Gasteiger partial charge in [-0.3, -0.25) is 0 Å². The third-order valence-electron chi connectivity index (χ3n) is 0.567. The number of likely N-dealkylation sites (N-methyl/N-ethyl adjacent to an activating group) is 1. The van der Waals surface area contributed by atoms with Crippen molar-refractivity contribution < 1.29 is 5.11 Å². The molecular formula is C3H10N2O. The summed E-state index contributed by atoms with van der Waals surface area (Å²) in [6.45, 7) is -0.00347. The maximum absolute atomic E-state index is 8.15. The maximum atomic E-state index is 8.15. The Kier molecular flexibility index (Phi) is 3.02. The summed E-state index contributed by atoms with van der Waals surface area (Å²) in [5, 5.41) is 10.8. The average molecular weight is 90.1 g/mol. The van der Waals surface area contributed by atoms with Crippen molar-refractivity contribution in [2.75, 3.05) is 13.7 Å². The lowest BCUT2D eigenvalue weighted by molar-refractivity contribution is 0.252. The highest BCUT2D eigenvalue weighted by atomic mass is 16.3. The van der Waals surface area contributed by atoms with Gasteiger partial charge < -0.3 is 16.2 Å². The monoisotopic (exact) mass is 90.1 g/mol. The van der Waals surface area contributed by atoms with Crippen LogP contribution in [0.15, 0.2) is 0 Å². The van der Waals surface area contributed by atoms with Gasteiger partial charge in [-0.25, -0.2) is 0 Å². The molecule has 1 atom stereocenters. The molecule has 0 aliphatic rings. The average Bonchev–Trinajstić information content (AvgIpc) is 1.65. The van der Waals surface area contributed by atoms with Crippen LogP contribution < -0.4 is 11.1 Å². The first-order valence-electron chi connectivity index (χ1n) is 1.85. The third kappa shape index (κ3) is 2.14. The van der Waals surface area contributed by atoms with Crippen LogP contribution in [0.5, 0.6) is 0 Å². The van der Waals surface area contributed by atoms with E-state index in [4.69, 9.17) is 10.8 Å². The third-order valence-corrected chi connectivity index (χ3v) is 0.567. The maximum Gasteiger partial charge on any atom is 0.0782 e. The summed E-state index contributed by atoms with van der Waals surface area (Å²) < 4.78 is 0. The van der Waals surface area contributed by atoms with Crippen LogP contribution in [-0.2, 0) is 0 Å². The molecule has 0 fully saturated rings. The van der Waals surface area contributed by atoms with Gasteiger partial charge in [0.1, 0.15) is 0 Å². The molecule has 3 heteroatoms. The molecule has 0 amide bonds. The Morgan fingerprint density at radius 1 is 2.00 bits per heavy atom. The Balaban J connectivity index is 2.75. The van der Waals surface area contributed by atoms with E-state index in [9.17, 15) is 0 Å². The highest BCUT2D eigenvalue weighted by molar-refractivity contribution is 4.47. The first-order chi connectivity index (χ1) is 2.81. The van der Waals surface area contributed by atoms with E-state index in [-0.39, 0.29) is 12.8 Å². The minimum atomic E-state index is -0.259. The van der Waals surface area contributed by atoms with Gasteiger partial charge in [0.05, 0.1) is 12.8 Å². The number of hydrogen-bond acceptors (Lipinski definition) is 3. The van der Waals surface area contributed by atoms with Crippen molar-refractivity contribution >= 4 is 0 Å². The van der Waals surface area contributed by atoms with E-state index in [1.54, 1.807) is 7.05 Å². The van der Waals surface area contributed by atoms with E-state index in [2.05, 4.69) is 5.32 Å². The van der Waals surface area contributed by atoms with Crippen LogP contribution in [0, 0.1) is 0 Å². The zero-order chi connectivity index (χ0) is 4.99. The largest absolute Gasteiger partial charge is 0.393 e. The zero-order valence-electron chi connectivity index (χ0n) is 3.81. The van der Waals surface area contributed by atoms with Crippen molar-refractivity contribution in [1.82, 2.24) is 5.32 Å². The number of aliphatic hydroxyl groups is 1. The van der Waals surface area contributed by atoms with E-state index >= 15 is 0 Å². The standard InChI is InChI=1S/C3H10N2O/c1-5-3(4)2-6/h3,5-6H,2,4H2,1H3. The molecule has 0 bridgehead atoms. The molecule has 0 saturated carbocycles. The van der Waals surface area contributed by atoms with E-state index in [0.717, 1.165) is 0 Å². The van der Waals surface area contributed by atoms with Gasteiger partial charge in [-0.1, -0.05) is 0 Å². The molecule has 0 aliphatic heterocycles. The SMILES string of the molecule is CNC(N)CO. The summed E-state index contributed by atoms with van der Waals surface area (Å²) in [6.07, 6.45) is -0.259. The van der Waals surface area contributed by atoms with Gasteiger partial charge in [-0.15, -0.1) is 0 Å². The van der Waals surface area contributed by atoms with Gasteiger partial charge >= 0.3 is 0 Å². The molecule has 0 aromatic heterocycles. The Morgan fingerprint density at radius 2 is 2.50 bits per heavy atom. The second-order valence-electron chi connectivity index (χ2n) is 1.08. The number of nitrogens with one attached hydrogen (secondary N) is 1. The van der Waals surface area contributed by atoms with Gasteiger partial charge in [-0.2, -0.15) is 0 Å². The van der Waals surface area contributed by atoms with E-state index in [1.807, 2.05) is 0 Å². The second kappa shape index (κ2) is 3.08. The summed E-state index contributed by atoms with van der Waals surface area (Å²) in [7, 11) is 1.70. The summed E-state index contributed by atoms with van der Waals surface area (Å²) in [5.41, 5.74) is 5.11. The van der Waals surface area contributed by atoms with Crippen molar-refractivity contribution in [2.24, 2.45) is 5.73 Å².